The molecule has 0 heterocycles. The molecule has 0 aromatic heterocycles. The zero-order chi connectivity index (χ0) is 17.9. The smallest absolute Gasteiger partial charge is 0.180 e. The van der Waals surface area contributed by atoms with E-state index in [1.807, 2.05) is 0 Å². The summed E-state index contributed by atoms with van der Waals surface area (Å²) in [6, 6.07) is 0. The number of rotatable bonds is 19. The fourth-order valence-electron chi connectivity index (χ4n) is 3.51. The molecule has 0 unspecified atom stereocenters. The van der Waals surface area contributed by atoms with Crippen LogP contribution in [0.25, 0.3) is 0 Å². The summed E-state index contributed by atoms with van der Waals surface area (Å²) in [4.78, 5) is 0. The van der Waals surface area contributed by atoms with Crippen molar-refractivity contribution >= 4 is 0 Å². The summed E-state index contributed by atoms with van der Waals surface area (Å²) in [5.41, 5.74) is 0. The van der Waals surface area contributed by atoms with Crippen LogP contribution in [0.3, 0.4) is 0 Å². The van der Waals surface area contributed by atoms with Crippen LogP contribution < -0.4 is 12.4 Å². The molecule has 0 aromatic rings. The van der Waals surface area contributed by atoms with E-state index in [1.165, 1.54) is 103 Å². The Labute approximate surface area is 165 Å². The molecule has 25 heavy (non-hydrogen) atoms. The molecule has 0 spiro atoms. The largest absolute Gasteiger partial charge is 1.00 e. The first-order valence-electron chi connectivity index (χ1n) is 11.1. The molecule has 0 fully saturated rings. The molecule has 1 N–H and O–H groups in total. The monoisotopic (exact) mass is 377 g/mol. The van der Waals surface area contributed by atoms with Crippen molar-refractivity contribution in [1.29, 1.82) is 0 Å². The van der Waals surface area contributed by atoms with Gasteiger partial charge in [0.2, 0.25) is 0 Å². The number of unbranched alkanes of at least 4 members (excludes halogenated alkanes) is 14. The number of halogens is 1. The maximum absolute atomic E-state index is 9.76. The van der Waals surface area contributed by atoms with Crippen molar-refractivity contribution in [3.05, 3.63) is 0 Å². The summed E-state index contributed by atoms with van der Waals surface area (Å²) in [7, 11) is 2.24. The summed E-state index contributed by atoms with van der Waals surface area (Å²) in [5, 5.41) is 9.76. The van der Waals surface area contributed by atoms with Crippen LogP contribution in [0, 0.1) is 0 Å². The van der Waals surface area contributed by atoms with Gasteiger partial charge in [0.15, 0.2) is 6.73 Å². The number of aliphatic hydroxyl groups excluding tert-OH is 1. The fraction of sp³-hybridized carbons (Fsp3) is 1.00. The molecule has 0 aliphatic carbocycles. The van der Waals surface area contributed by atoms with Crippen molar-refractivity contribution in [3.63, 3.8) is 0 Å². The molecule has 0 bridgehead atoms. The van der Waals surface area contributed by atoms with Gasteiger partial charge in [0.25, 0.3) is 0 Å². The van der Waals surface area contributed by atoms with E-state index in [0.29, 0.717) is 6.73 Å². The van der Waals surface area contributed by atoms with E-state index in [9.17, 15) is 5.11 Å². The zero-order valence-electron chi connectivity index (χ0n) is 17.7. The van der Waals surface area contributed by atoms with Crippen LogP contribution in [0.4, 0.5) is 0 Å². The number of nitrogens with zero attached hydrogens (tertiary/aromatic N) is 1. The van der Waals surface area contributed by atoms with Crippen molar-refractivity contribution < 1.29 is 22.0 Å². The number of hydrogen-bond donors (Lipinski definition) is 1. The summed E-state index contributed by atoms with van der Waals surface area (Å²) >= 11 is 0. The van der Waals surface area contributed by atoms with Crippen LogP contribution in [0.1, 0.15) is 117 Å². The first-order valence-corrected chi connectivity index (χ1v) is 11.1. The number of aliphatic hydroxyl groups is 1. The summed E-state index contributed by atoms with van der Waals surface area (Å²) in [5.74, 6) is 0. The maximum atomic E-state index is 9.76. The normalized spacial score (nSPS) is 11.5. The number of hydrogen-bond acceptors (Lipinski definition) is 1. The number of quaternary nitrogens is 1. The topological polar surface area (TPSA) is 20.2 Å². The Morgan fingerprint density at radius 3 is 1.08 bits per heavy atom. The van der Waals surface area contributed by atoms with Gasteiger partial charge in [0.05, 0.1) is 20.1 Å². The Kier molecular flexibility index (Phi) is 22.5. The second-order valence-corrected chi connectivity index (χ2v) is 8.16. The third-order valence-corrected chi connectivity index (χ3v) is 5.44. The van der Waals surface area contributed by atoms with Crippen LogP contribution in [-0.2, 0) is 0 Å². The first kappa shape index (κ1) is 27.4. The molecule has 0 amide bonds. The minimum atomic E-state index is 0. The third-order valence-electron chi connectivity index (χ3n) is 5.44. The van der Waals surface area contributed by atoms with Crippen molar-refractivity contribution in [2.24, 2.45) is 0 Å². The van der Waals surface area contributed by atoms with E-state index in [-0.39, 0.29) is 12.4 Å². The Morgan fingerprint density at radius 1 is 0.520 bits per heavy atom. The molecule has 0 saturated heterocycles. The highest BCUT2D eigenvalue weighted by Gasteiger charge is 2.18. The van der Waals surface area contributed by atoms with Crippen molar-refractivity contribution in [2.75, 3.05) is 26.9 Å². The van der Waals surface area contributed by atoms with Gasteiger partial charge in [0.1, 0.15) is 0 Å². The van der Waals surface area contributed by atoms with E-state index in [0.717, 1.165) is 17.6 Å². The Hall–Kier alpha value is 0.210. The molecule has 154 valence electrons. The third kappa shape index (κ3) is 18.8. The van der Waals surface area contributed by atoms with Gasteiger partial charge in [-0.25, -0.2) is 0 Å². The highest BCUT2D eigenvalue weighted by Crippen LogP contribution is 2.14. The van der Waals surface area contributed by atoms with E-state index in [4.69, 9.17) is 0 Å². The Bertz CT molecular complexity index is 228. The van der Waals surface area contributed by atoms with Crippen LogP contribution in [0.5, 0.6) is 0 Å². The maximum Gasteiger partial charge on any atom is 0.180 e. The lowest BCUT2D eigenvalue weighted by atomic mass is 10.1. The van der Waals surface area contributed by atoms with E-state index < -0.39 is 0 Å². The molecule has 0 atom stereocenters. The molecule has 0 rings (SSSR count). The minimum Gasteiger partial charge on any atom is -1.00 e. The van der Waals surface area contributed by atoms with E-state index >= 15 is 0 Å². The van der Waals surface area contributed by atoms with E-state index in [1.54, 1.807) is 0 Å². The molecule has 0 aliphatic heterocycles. The summed E-state index contributed by atoms with van der Waals surface area (Å²) in [6.07, 6.45) is 22.0. The van der Waals surface area contributed by atoms with Gasteiger partial charge in [-0.15, -0.1) is 0 Å². The molecule has 0 aliphatic rings. The molecule has 0 saturated carbocycles. The van der Waals surface area contributed by atoms with Gasteiger partial charge >= 0.3 is 0 Å². The van der Waals surface area contributed by atoms with Crippen molar-refractivity contribution in [2.45, 2.75) is 117 Å². The van der Waals surface area contributed by atoms with Crippen LogP contribution >= 0.6 is 0 Å². The molecule has 2 nitrogen and oxygen atoms in total. The van der Waals surface area contributed by atoms with Gasteiger partial charge in [-0.1, -0.05) is 90.9 Å². The Morgan fingerprint density at radius 2 is 0.800 bits per heavy atom. The average Bonchev–Trinajstić information content (AvgIpc) is 2.59. The second kappa shape index (κ2) is 20.5. The summed E-state index contributed by atoms with van der Waals surface area (Å²) in [6.45, 7) is 7.18. The second-order valence-electron chi connectivity index (χ2n) is 8.16. The highest BCUT2D eigenvalue weighted by molar-refractivity contribution is 4.49. The molecular weight excluding hydrogens is 330 g/mol. The molecule has 0 radical (unpaired) electrons. The quantitative estimate of drug-likeness (QED) is 0.207. The van der Waals surface area contributed by atoms with Gasteiger partial charge in [-0.2, -0.15) is 0 Å². The lowest BCUT2D eigenvalue weighted by molar-refractivity contribution is -0.927. The van der Waals surface area contributed by atoms with Gasteiger partial charge in [-0.3, -0.25) is 0 Å². The molecular formula is C22H48ClNO. The van der Waals surface area contributed by atoms with Gasteiger partial charge in [-0.05, 0) is 25.7 Å². The zero-order valence-corrected chi connectivity index (χ0v) is 18.5. The predicted molar refractivity (Wildman–Crippen MR) is 108 cm³/mol. The minimum absolute atomic E-state index is 0. The van der Waals surface area contributed by atoms with Crippen LogP contribution in [-0.4, -0.2) is 36.5 Å². The average molecular weight is 378 g/mol. The molecule has 0 aromatic carbocycles. The predicted octanol–water partition coefficient (Wildman–Crippen LogP) is 3.67. The van der Waals surface area contributed by atoms with E-state index in [2.05, 4.69) is 20.9 Å². The standard InChI is InChI=1S/C22H48NO.ClH/c1-4-6-8-10-12-14-16-18-20-23(3,22-24)21-19-17-15-13-11-9-7-5-2;/h24H,4-22H2,1-3H3;1H/q+1;/p-1. The Balaban J connectivity index is 0. The fourth-order valence-corrected chi connectivity index (χ4v) is 3.51. The van der Waals surface area contributed by atoms with Gasteiger partial charge in [0, 0.05) is 0 Å². The summed E-state index contributed by atoms with van der Waals surface area (Å²) < 4.78 is 0.867. The lowest BCUT2D eigenvalue weighted by Crippen LogP contribution is -3.00. The molecule has 3 heteroatoms. The lowest BCUT2D eigenvalue weighted by Gasteiger charge is -2.32. The first-order chi connectivity index (χ1) is 11.7. The van der Waals surface area contributed by atoms with Crippen molar-refractivity contribution in [1.82, 2.24) is 0 Å². The van der Waals surface area contributed by atoms with Crippen molar-refractivity contribution in [3.8, 4) is 0 Å². The van der Waals surface area contributed by atoms with Crippen LogP contribution in [0.15, 0.2) is 0 Å². The van der Waals surface area contributed by atoms with Gasteiger partial charge < -0.3 is 22.0 Å². The van der Waals surface area contributed by atoms with Crippen LogP contribution in [0.2, 0.25) is 0 Å². The highest BCUT2D eigenvalue weighted by atomic mass is 35.5. The SMILES string of the molecule is CCCCCCCCCC[N+](C)(CO)CCCCCCCCCC.[Cl-].